The highest BCUT2D eigenvalue weighted by atomic mass is 16.5. The van der Waals surface area contributed by atoms with Crippen LogP contribution >= 0.6 is 0 Å². The number of carbonyl (C=O) groups excluding carboxylic acids is 1. The van der Waals surface area contributed by atoms with Gasteiger partial charge >= 0.3 is 5.97 Å². The molecule has 0 radical (unpaired) electrons. The van der Waals surface area contributed by atoms with Crippen LogP contribution in [0.15, 0.2) is 29.8 Å². The molecular weight excluding hydrogens is 228 g/mol. The monoisotopic (exact) mass is 244 g/mol. The number of hydrogen-bond acceptors (Lipinski definition) is 3. The second-order valence-electron chi connectivity index (χ2n) is 4.06. The highest BCUT2D eigenvalue weighted by Crippen LogP contribution is 2.40. The summed E-state index contributed by atoms with van der Waals surface area (Å²) in [7, 11) is 1.63. The molecule has 0 aromatic heterocycles. The fourth-order valence-electron chi connectivity index (χ4n) is 2.12. The molecule has 0 aliphatic heterocycles. The summed E-state index contributed by atoms with van der Waals surface area (Å²) in [5, 5.41) is 0. The maximum absolute atomic E-state index is 11.6. The molecular formula is C15H16O3. The van der Waals surface area contributed by atoms with E-state index in [1.54, 1.807) is 14.0 Å². The first-order chi connectivity index (χ1) is 8.67. The highest BCUT2D eigenvalue weighted by molar-refractivity contribution is 6.03. The summed E-state index contributed by atoms with van der Waals surface area (Å²) in [5.41, 5.74) is 3.96. The molecule has 0 saturated heterocycles. The van der Waals surface area contributed by atoms with Crippen LogP contribution in [-0.4, -0.2) is 19.7 Å². The summed E-state index contributed by atoms with van der Waals surface area (Å²) in [6.07, 6.45) is 3.58. The Hall–Kier alpha value is -2.03. The van der Waals surface area contributed by atoms with Crippen LogP contribution in [0.4, 0.5) is 0 Å². The van der Waals surface area contributed by atoms with E-state index in [0.717, 1.165) is 28.0 Å². The van der Waals surface area contributed by atoms with Crippen molar-refractivity contribution in [1.82, 2.24) is 0 Å². The van der Waals surface area contributed by atoms with Crippen molar-refractivity contribution in [1.29, 1.82) is 0 Å². The van der Waals surface area contributed by atoms with Gasteiger partial charge in [-0.05, 0) is 36.6 Å². The van der Waals surface area contributed by atoms with Crippen molar-refractivity contribution >= 4 is 17.6 Å². The number of benzene rings is 1. The van der Waals surface area contributed by atoms with Crippen LogP contribution in [-0.2, 0) is 9.53 Å². The Balaban J connectivity index is 2.47. The molecule has 0 atom stereocenters. The van der Waals surface area contributed by atoms with Gasteiger partial charge in [-0.3, -0.25) is 0 Å². The normalized spacial score (nSPS) is 15.3. The minimum Gasteiger partial charge on any atom is -0.496 e. The molecule has 0 N–H and O–H groups in total. The Morgan fingerprint density at radius 2 is 2.17 bits per heavy atom. The van der Waals surface area contributed by atoms with Crippen molar-refractivity contribution in [3.8, 4) is 5.75 Å². The summed E-state index contributed by atoms with van der Waals surface area (Å²) >= 11 is 0. The predicted molar refractivity (Wildman–Crippen MR) is 71.3 cm³/mol. The van der Waals surface area contributed by atoms with Gasteiger partial charge in [0.25, 0.3) is 0 Å². The number of hydrogen-bond donors (Lipinski definition) is 0. The first-order valence-corrected chi connectivity index (χ1v) is 5.92. The van der Waals surface area contributed by atoms with Crippen LogP contribution in [0, 0.1) is 0 Å². The molecule has 1 aliphatic rings. The van der Waals surface area contributed by atoms with Gasteiger partial charge in [-0.1, -0.05) is 18.2 Å². The summed E-state index contributed by atoms with van der Waals surface area (Å²) in [6, 6.07) is 5.84. The van der Waals surface area contributed by atoms with Crippen LogP contribution in [0.1, 0.15) is 25.0 Å². The summed E-state index contributed by atoms with van der Waals surface area (Å²) in [5.74, 6) is 0.454. The molecule has 3 heteroatoms. The smallest absolute Gasteiger partial charge is 0.331 e. The van der Waals surface area contributed by atoms with E-state index in [1.165, 1.54) is 6.08 Å². The fourth-order valence-corrected chi connectivity index (χ4v) is 2.12. The van der Waals surface area contributed by atoms with Crippen molar-refractivity contribution in [3.05, 3.63) is 41.0 Å². The Morgan fingerprint density at radius 3 is 2.83 bits per heavy atom. The fraction of sp³-hybridized carbons (Fsp3) is 0.267. The van der Waals surface area contributed by atoms with Crippen LogP contribution in [0.25, 0.3) is 11.6 Å². The van der Waals surface area contributed by atoms with Crippen LogP contribution in [0.3, 0.4) is 0 Å². The topological polar surface area (TPSA) is 35.5 Å². The van der Waals surface area contributed by atoms with Crippen molar-refractivity contribution in [2.75, 3.05) is 13.7 Å². The molecule has 0 heterocycles. The lowest BCUT2D eigenvalue weighted by Gasteiger charge is -2.09. The van der Waals surface area contributed by atoms with E-state index in [9.17, 15) is 4.79 Å². The van der Waals surface area contributed by atoms with Gasteiger partial charge in [0.1, 0.15) is 5.75 Å². The second kappa shape index (κ2) is 5.08. The Labute approximate surface area is 107 Å². The molecule has 1 aliphatic carbocycles. The molecule has 3 nitrogen and oxygen atoms in total. The number of methoxy groups -OCH3 is 1. The van der Waals surface area contributed by atoms with Gasteiger partial charge < -0.3 is 9.47 Å². The highest BCUT2D eigenvalue weighted by Gasteiger charge is 2.21. The molecule has 1 aromatic carbocycles. The molecule has 0 saturated carbocycles. The molecule has 0 spiro atoms. The van der Waals surface area contributed by atoms with E-state index in [0.29, 0.717) is 6.61 Å². The second-order valence-corrected chi connectivity index (χ2v) is 4.06. The number of carbonyl (C=O) groups is 1. The third-order valence-corrected chi connectivity index (χ3v) is 2.89. The zero-order valence-electron chi connectivity index (χ0n) is 10.8. The third kappa shape index (κ3) is 2.16. The molecule has 94 valence electrons. The number of esters is 1. The van der Waals surface area contributed by atoms with Crippen LogP contribution in [0.2, 0.25) is 0 Å². The average Bonchev–Trinajstić information content (AvgIpc) is 2.66. The average molecular weight is 244 g/mol. The molecule has 0 unspecified atom stereocenters. The standard InChI is InChI=1S/C15H16O3/c1-4-18-14(16)9-12-10(2)8-11-6-5-7-13(17-3)15(11)12/h5-9H,4H2,1-3H3/b12-9+. The first-order valence-electron chi connectivity index (χ1n) is 5.92. The molecule has 0 amide bonds. The van der Waals surface area contributed by atoms with Crippen molar-refractivity contribution in [2.45, 2.75) is 13.8 Å². The summed E-state index contributed by atoms with van der Waals surface area (Å²) in [6.45, 7) is 4.15. The van der Waals surface area contributed by atoms with E-state index >= 15 is 0 Å². The van der Waals surface area contributed by atoms with Gasteiger partial charge in [-0.2, -0.15) is 0 Å². The van der Waals surface area contributed by atoms with Gasteiger partial charge in [0, 0.05) is 11.6 Å². The minimum atomic E-state index is -0.320. The van der Waals surface area contributed by atoms with Crippen molar-refractivity contribution in [2.24, 2.45) is 0 Å². The third-order valence-electron chi connectivity index (χ3n) is 2.89. The van der Waals surface area contributed by atoms with E-state index in [1.807, 2.05) is 31.2 Å². The van der Waals surface area contributed by atoms with Gasteiger partial charge in [0.15, 0.2) is 0 Å². The quantitative estimate of drug-likeness (QED) is 0.605. The number of allylic oxidation sites excluding steroid dienone is 2. The van der Waals surface area contributed by atoms with E-state index in [2.05, 4.69) is 0 Å². The van der Waals surface area contributed by atoms with Crippen molar-refractivity contribution < 1.29 is 14.3 Å². The van der Waals surface area contributed by atoms with Crippen LogP contribution in [0.5, 0.6) is 5.75 Å². The minimum absolute atomic E-state index is 0.320. The van der Waals surface area contributed by atoms with Gasteiger partial charge in [0.05, 0.1) is 13.7 Å². The molecule has 0 bridgehead atoms. The zero-order chi connectivity index (χ0) is 13.1. The molecule has 2 rings (SSSR count). The lowest BCUT2D eigenvalue weighted by atomic mass is 10.0. The lowest BCUT2D eigenvalue weighted by molar-refractivity contribution is -0.137. The SMILES string of the molecule is CCOC(=O)/C=C1\C(C)=Cc2cccc(OC)c21. The number of rotatable bonds is 3. The first kappa shape index (κ1) is 12.4. The van der Waals surface area contributed by atoms with Crippen LogP contribution < -0.4 is 4.74 Å². The van der Waals surface area contributed by atoms with E-state index < -0.39 is 0 Å². The molecule has 1 aromatic rings. The lowest BCUT2D eigenvalue weighted by Crippen LogP contribution is -2.01. The van der Waals surface area contributed by atoms with Crippen molar-refractivity contribution in [3.63, 3.8) is 0 Å². The van der Waals surface area contributed by atoms with E-state index in [4.69, 9.17) is 9.47 Å². The van der Waals surface area contributed by atoms with E-state index in [-0.39, 0.29) is 5.97 Å². The number of fused-ring (bicyclic) bond motifs is 1. The van der Waals surface area contributed by atoms with Gasteiger partial charge in [-0.25, -0.2) is 4.79 Å². The van der Waals surface area contributed by atoms with Gasteiger partial charge in [0.2, 0.25) is 0 Å². The van der Waals surface area contributed by atoms with Gasteiger partial charge in [-0.15, -0.1) is 0 Å². The Morgan fingerprint density at radius 1 is 1.39 bits per heavy atom. The zero-order valence-corrected chi connectivity index (χ0v) is 10.8. The maximum atomic E-state index is 11.6. The summed E-state index contributed by atoms with van der Waals surface area (Å²) in [4.78, 5) is 11.6. The Kier molecular flexibility index (Phi) is 3.51. The summed E-state index contributed by atoms with van der Waals surface area (Å²) < 4.78 is 10.3. The molecule has 18 heavy (non-hydrogen) atoms. The Bertz CT molecular complexity index is 539. The maximum Gasteiger partial charge on any atom is 0.331 e. The number of ether oxygens (including phenoxy) is 2. The largest absolute Gasteiger partial charge is 0.496 e. The molecule has 0 fully saturated rings. The predicted octanol–water partition coefficient (Wildman–Crippen LogP) is 3.06.